The second-order valence-corrected chi connectivity index (χ2v) is 6.74. The third-order valence-electron chi connectivity index (χ3n) is 1.31. The van der Waals surface area contributed by atoms with Gasteiger partial charge in [-0.05, 0) is 20.8 Å². The van der Waals surface area contributed by atoms with Crippen LogP contribution in [0.25, 0.3) is 0 Å². The van der Waals surface area contributed by atoms with Crippen molar-refractivity contribution in [1.29, 1.82) is 0 Å². The average molecular weight is 254 g/mol. The van der Waals surface area contributed by atoms with Gasteiger partial charge in [0.25, 0.3) is 0 Å². The molecule has 0 aliphatic carbocycles. The first-order valence-corrected chi connectivity index (χ1v) is 6.78. The van der Waals surface area contributed by atoms with Crippen LogP contribution in [0.1, 0.15) is 20.8 Å². The molecule has 0 unspecified atom stereocenters. The molecule has 0 aliphatic rings. The molecule has 0 aromatic carbocycles. The minimum atomic E-state index is -3.48. The highest BCUT2D eigenvalue weighted by Gasteiger charge is 2.24. The van der Waals surface area contributed by atoms with Gasteiger partial charge in [-0.3, -0.25) is 0 Å². The molecule has 6 heteroatoms. The molecule has 1 aromatic rings. The van der Waals surface area contributed by atoms with Crippen molar-refractivity contribution in [1.82, 2.24) is 4.72 Å². The van der Waals surface area contributed by atoms with Crippen LogP contribution in [-0.4, -0.2) is 14.0 Å². The van der Waals surface area contributed by atoms with Crippen molar-refractivity contribution in [2.45, 2.75) is 31.2 Å². The zero-order chi connectivity index (χ0) is 11.0. The van der Waals surface area contributed by atoms with Crippen LogP contribution >= 0.6 is 22.9 Å². The van der Waals surface area contributed by atoms with E-state index < -0.39 is 15.6 Å². The van der Waals surface area contributed by atoms with Gasteiger partial charge >= 0.3 is 0 Å². The third kappa shape index (κ3) is 2.95. The van der Waals surface area contributed by atoms with Gasteiger partial charge in [0.2, 0.25) is 10.0 Å². The van der Waals surface area contributed by atoms with E-state index in [4.69, 9.17) is 11.6 Å². The highest BCUT2D eigenvalue weighted by atomic mass is 35.5. The van der Waals surface area contributed by atoms with Crippen molar-refractivity contribution in [2.75, 3.05) is 0 Å². The van der Waals surface area contributed by atoms with E-state index in [-0.39, 0.29) is 9.92 Å². The van der Waals surface area contributed by atoms with Gasteiger partial charge in [0, 0.05) is 16.3 Å². The highest BCUT2D eigenvalue weighted by molar-refractivity contribution is 7.89. The summed E-state index contributed by atoms with van der Waals surface area (Å²) in [4.78, 5) is 0.152. The van der Waals surface area contributed by atoms with Gasteiger partial charge in [-0.15, -0.1) is 11.3 Å². The molecule has 1 heterocycles. The fraction of sp³-hybridized carbons (Fsp3) is 0.500. The van der Waals surface area contributed by atoms with E-state index >= 15 is 0 Å². The van der Waals surface area contributed by atoms with Crippen LogP contribution in [0.15, 0.2) is 15.7 Å². The Morgan fingerprint density at radius 1 is 1.36 bits per heavy atom. The van der Waals surface area contributed by atoms with Crippen molar-refractivity contribution in [3.8, 4) is 0 Å². The molecule has 1 aromatic heterocycles. The summed E-state index contributed by atoms with van der Waals surface area (Å²) in [5.41, 5.74) is -0.496. The molecule has 0 atom stereocenters. The van der Waals surface area contributed by atoms with Gasteiger partial charge < -0.3 is 0 Å². The molecule has 0 spiro atoms. The Bertz CT molecular complexity index is 417. The Labute approximate surface area is 93.1 Å². The normalized spacial score (nSPS) is 13.1. The molecule has 0 amide bonds. The summed E-state index contributed by atoms with van der Waals surface area (Å²) in [7, 11) is -3.48. The van der Waals surface area contributed by atoms with Crippen molar-refractivity contribution in [2.24, 2.45) is 0 Å². The van der Waals surface area contributed by atoms with E-state index in [1.807, 2.05) is 0 Å². The Morgan fingerprint density at radius 3 is 2.29 bits per heavy atom. The van der Waals surface area contributed by atoms with E-state index in [2.05, 4.69) is 4.72 Å². The van der Waals surface area contributed by atoms with Gasteiger partial charge in [0.15, 0.2) is 0 Å². The van der Waals surface area contributed by atoms with Crippen LogP contribution in [0.4, 0.5) is 0 Å². The summed E-state index contributed by atoms with van der Waals surface area (Å²) in [6.07, 6.45) is 0. The number of hydrogen-bond acceptors (Lipinski definition) is 3. The van der Waals surface area contributed by atoms with E-state index in [9.17, 15) is 8.42 Å². The molecule has 3 nitrogen and oxygen atoms in total. The Balaban J connectivity index is 3.05. The molecule has 0 aliphatic heterocycles. The number of halogens is 1. The topological polar surface area (TPSA) is 46.2 Å². The summed E-state index contributed by atoms with van der Waals surface area (Å²) < 4.78 is 26.0. The van der Waals surface area contributed by atoms with Gasteiger partial charge in [-0.1, -0.05) is 11.6 Å². The molecule has 0 bridgehead atoms. The lowest BCUT2D eigenvalue weighted by atomic mass is 10.1. The highest BCUT2D eigenvalue weighted by Crippen LogP contribution is 2.26. The fourth-order valence-corrected chi connectivity index (χ4v) is 4.04. The first kappa shape index (κ1) is 12.0. The second kappa shape index (κ2) is 3.81. The average Bonchev–Trinajstić information content (AvgIpc) is 2.29. The second-order valence-electron chi connectivity index (χ2n) is 3.94. The smallest absolute Gasteiger partial charge is 0.207 e. The maximum atomic E-state index is 11.7. The van der Waals surface area contributed by atoms with Gasteiger partial charge in [-0.25, -0.2) is 13.1 Å². The number of thiophene rings is 1. The number of nitrogens with one attached hydrogen (secondary N) is 1. The molecule has 0 fully saturated rings. The Kier molecular flexibility index (Phi) is 3.26. The molecule has 0 radical (unpaired) electrons. The number of sulfonamides is 1. The van der Waals surface area contributed by atoms with Crippen LogP contribution in [0.3, 0.4) is 0 Å². The Hall–Kier alpha value is -0.100. The predicted octanol–water partition coefficient (Wildman–Crippen LogP) is 2.48. The summed E-state index contributed by atoms with van der Waals surface area (Å²) in [6.45, 7) is 5.35. The number of hydrogen-bond donors (Lipinski definition) is 1. The van der Waals surface area contributed by atoms with E-state index in [1.165, 1.54) is 16.7 Å². The van der Waals surface area contributed by atoms with Crippen LogP contribution in [0.2, 0.25) is 5.02 Å². The van der Waals surface area contributed by atoms with E-state index in [0.717, 1.165) is 0 Å². The van der Waals surface area contributed by atoms with Crippen LogP contribution < -0.4 is 4.72 Å². The quantitative estimate of drug-likeness (QED) is 0.880. The number of rotatable bonds is 2. The molecule has 14 heavy (non-hydrogen) atoms. The lowest BCUT2D eigenvalue weighted by Crippen LogP contribution is -2.40. The third-order valence-corrected chi connectivity index (χ3v) is 4.56. The van der Waals surface area contributed by atoms with Crippen LogP contribution in [-0.2, 0) is 10.0 Å². The standard InChI is InChI=1S/C8H12ClNO2S2/c1-8(2,3)10-14(11,12)7-5-13-4-6(7)9/h4-5,10H,1-3H3. The van der Waals surface area contributed by atoms with Crippen molar-refractivity contribution >= 4 is 33.0 Å². The maximum absolute atomic E-state index is 11.7. The molecule has 1 rings (SSSR count). The molecule has 0 saturated heterocycles. The minimum absolute atomic E-state index is 0.152. The van der Waals surface area contributed by atoms with Crippen LogP contribution in [0, 0.1) is 0 Å². The largest absolute Gasteiger partial charge is 0.243 e. The predicted molar refractivity (Wildman–Crippen MR) is 59.4 cm³/mol. The van der Waals surface area contributed by atoms with Gasteiger partial charge in [0.05, 0.1) is 5.02 Å². The molecular formula is C8H12ClNO2S2. The van der Waals surface area contributed by atoms with Crippen molar-refractivity contribution in [3.05, 3.63) is 15.8 Å². The minimum Gasteiger partial charge on any atom is -0.207 e. The zero-order valence-corrected chi connectivity index (χ0v) is 10.6. The maximum Gasteiger partial charge on any atom is 0.243 e. The molecule has 1 N–H and O–H groups in total. The first-order chi connectivity index (χ1) is 6.22. The Morgan fingerprint density at radius 2 is 1.93 bits per heavy atom. The van der Waals surface area contributed by atoms with Gasteiger partial charge in [0.1, 0.15) is 4.90 Å². The van der Waals surface area contributed by atoms with Crippen molar-refractivity contribution in [3.63, 3.8) is 0 Å². The van der Waals surface area contributed by atoms with Crippen molar-refractivity contribution < 1.29 is 8.42 Å². The lowest BCUT2D eigenvalue weighted by molar-refractivity contribution is 0.492. The molecule has 0 saturated carbocycles. The van der Waals surface area contributed by atoms with Gasteiger partial charge in [-0.2, -0.15) is 0 Å². The van der Waals surface area contributed by atoms with E-state index in [0.29, 0.717) is 0 Å². The summed E-state index contributed by atoms with van der Waals surface area (Å²) in [6, 6.07) is 0. The lowest BCUT2D eigenvalue weighted by Gasteiger charge is -2.19. The fourth-order valence-electron chi connectivity index (χ4n) is 0.920. The monoisotopic (exact) mass is 253 g/mol. The zero-order valence-electron chi connectivity index (χ0n) is 8.17. The molecule has 80 valence electrons. The van der Waals surface area contributed by atoms with E-state index in [1.54, 1.807) is 26.2 Å². The summed E-state index contributed by atoms with van der Waals surface area (Å²) in [5, 5.41) is 3.39. The van der Waals surface area contributed by atoms with Crippen LogP contribution in [0.5, 0.6) is 0 Å². The first-order valence-electron chi connectivity index (χ1n) is 3.98. The molecular weight excluding hydrogens is 242 g/mol. The summed E-state index contributed by atoms with van der Waals surface area (Å²) in [5.74, 6) is 0. The SMILES string of the molecule is CC(C)(C)NS(=O)(=O)c1cscc1Cl. The summed E-state index contributed by atoms with van der Waals surface area (Å²) >= 11 is 7.01.